The molecule has 2 N–H and O–H groups in total. The van der Waals surface area contributed by atoms with Crippen molar-refractivity contribution >= 4 is 23.2 Å². The smallest absolute Gasteiger partial charge is 0.238 e. The number of methoxy groups -OCH3 is 2. The number of carbonyl (C=O) groups excluding carboxylic acids is 1. The fourth-order valence-electron chi connectivity index (χ4n) is 1.35. The molecular formula is C12H17ClN2O3. The molecule has 1 amide bonds. The zero-order valence-electron chi connectivity index (χ0n) is 10.5. The summed E-state index contributed by atoms with van der Waals surface area (Å²) in [5.74, 6) is 0.413. The van der Waals surface area contributed by atoms with Crippen molar-refractivity contribution in [2.45, 2.75) is 0 Å². The number of amides is 1. The molecule has 0 atom stereocenters. The molecule has 1 aromatic rings. The normalized spacial score (nSPS) is 10.2. The van der Waals surface area contributed by atoms with E-state index in [1.165, 1.54) is 7.11 Å². The highest BCUT2D eigenvalue weighted by atomic mass is 35.5. The van der Waals surface area contributed by atoms with Crippen molar-refractivity contribution in [2.24, 2.45) is 0 Å². The Hall–Kier alpha value is -1.30. The lowest BCUT2D eigenvalue weighted by atomic mass is 10.3. The Morgan fingerprint density at radius 3 is 2.83 bits per heavy atom. The van der Waals surface area contributed by atoms with E-state index in [1.54, 1.807) is 25.3 Å². The summed E-state index contributed by atoms with van der Waals surface area (Å²) in [6.07, 6.45) is 0. The van der Waals surface area contributed by atoms with Gasteiger partial charge < -0.3 is 20.1 Å². The fraction of sp³-hybridized carbons (Fsp3) is 0.417. The zero-order chi connectivity index (χ0) is 13.4. The minimum Gasteiger partial charge on any atom is -0.495 e. The van der Waals surface area contributed by atoms with E-state index < -0.39 is 0 Å². The lowest BCUT2D eigenvalue weighted by Gasteiger charge is -2.10. The molecule has 0 saturated carbocycles. The summed E-state index contributed by atoms with van der Waals surface area (Å²) < 4.78 is 9.99. The van der Waals surface area contributed by atoms with E-state index in [2.05, 4.69) is 10.6 Å². The maximum Gasteiger partial charge on any atom is 0.238 e. The van der Waals surface area contributed by atoms with Crippen LogP contribution in [0.4, 0.5) is 5.69 Å². The second-order valence-electron chi connectivity index (χ2n) is 3.56. The molecule has 0 saturated heterocycles. The summed E-state index contributed by atoms with van der Waals surface area (Å²) >= 11 is 5.86. The molecule has 0 aliphatic rings. The molecule has 0 aromatic heterocycles. The summed E-state index contributed by atoms with van der Waals surface area (Å²) in [6, 6.07) is 5.05. The second kappa shape index (κ2) is 7.92. The quantitative estimate of drug-likeness (QED) is 0.739. The number of ether oxygens (including phenoxy) is 2. The zero-order valence-corrected chi connectivity index (χ0v) is 11.2. The number of rotatable bonds is 7. The van der Waals surface area contributed by atoms with Crippen molar-refractivity contribution in [3.8, 4) is 5.75 Å². The third kappa shape index (κ3) is 4.91. The summed E-state index contributed by atoms with van der Waals surface area (Å²) in [5.41, 5.74) is 0.559. The number of halogens is 1. The molecule has 0 bridgehead atoms. The van der Waals surface area contributed by atoms with Gasteiger partial charge in [0.2, 0.25) is 5.91 Å². The molecule has 1 aromatic carbocycles. The van der Waals surface area contributed by atoms with Crippen LogP contribution in [0.2, 0.25) is 5.02 Å². The Kier molecular flexibility index (Phi) is 6.49. The average molecular weight is 273 g/mol. The van der Waals surface area contributed by atoms with Crippen molar-refractivity contribution in [1.82, 2.24) is 5.32 Å². The van der Waals surface area contributed by atoms with Crippen LogP contribution in [0, 0.1) is 0 Å². The molecular weight excluding hydrogens is 256 g/mol. The molecule has 100 valence electrons. The number of carbonyl (C=O) groups is 1. The van der Waals surface area contributed by atoms with Gasteiger partial charge >= 0.3 is 0 Å². The molecule has 0 unspecified atom stereocenters. The largest absolute Gasteiger partial charge is 0.495 e. The van der Waals surface area contributed by atoms with Crippen LogP contribution in [-0.4, -0.2) is 39.8 Å². The van der Waals surface area contributed by atoms with Crippen molar-refractivity contribution in [2.75, 3.05) is 39.2 Å². The SMILES string of the molecule is COCCNCC(=O)Nc1cc(Cl)ccc1OC. The van der Waals surface area contributed by atoms with Gasteiger partial charge in [0, 0.05) is 18.7 Å². The van der Waals surface area contributed by atoms with Crippen molar-refractivity contribution in [1.29, 1.82) is 0 Å². The fourth-order valence-corrected chi connectivity index (χ4v) is 1.52. The molecule has 0 heterocycles. The molecule has 0 radical (unpaired) electrons. The summed E-state index contributed by atoms with van der Waals surface area (Å²) in [7, 11) is 3.15. The highest BCUT2D eigenvalue weighted by molar-refractivity contribution is 6.31. The van der Waals surface area contributed by atoms with Crippen LogP contribution in [0.25, 0.3) is 0 Å². The van der Waals surface area contributed by atoms with Gasteiger partial charge in [0.25, 0.3) is 0 Å². The Morgan fingerprint density at radius 2 is 2.17 bits per heavy atom. The molecule has 0 aliphatic heterocycles. The van der Waals surface area contributed by atoms with Gasteiger partial charge in [0.15, 0.2) is 0 Å². The highest BCUT2D eigenvalue weighted by Crippen LogP contribution is 2.27. The van der Waals surface area contributed by atoms with E-state index in [-0.39, 0.29) is 12.5 Å². The lowest BCUT2D eigenvalue weighted by molar-refractivity contribution is -0.115. The van der Waals surface area contributed by atoms with Crippen LogP contribution in [0.15, 0.2) is 18.2 Å². The van der Waals surface area contributed by atoms with Gasteiger partial charge in [-0.1, -0.05) is 11.6 Å². The lowest BCUT2D eigenvalue weighted by Crippen LogP contribution is -2.30. The first-order valence-electron chi connectivity index (χ1n) is 5.50. The first-order chi connectivity index (χ1) is 8.67. The third-order valence-corrected chi connectivity index (χ3v) is 2.44. The number of benzene rings is 1. The predicted octanol–water partition coefficient (Wildman–Crippen LogP) is 1.52. The summed E-state index contributed by atoms with van der Waals surface area (Å²) in [5, 5.41) is 6.22. The van der Waals surface area contributed by atoms with Crippen LogP contribution >= 0.6 is 11.6 Å². The van der Waals surface area contributed by atoms with Crippen molar-refractivity contribution in [3.05, 3.63) is 23.2 Å². The van der Waals surface area contributed by atoms with Crippen LogP contribution in [-0.2, 0) is 9.53 Å². The number of anilines is 1. The molecule has 6 heteroatoms. The van der Waals surface area contributed by atoms with Gasteiger partial charge in [-0.2, -0.15) is 0 Å². The van der Waals surface area contributed by atoms with Crippen LogP contribution in [0.1, 0.15) is 0 Å². The third-order valence-electron chi connectivity index (χ3n) is 2.20. The topological polar surface area (TPSA) is 59.6 Å². The van der Waals surface area contributed by atoms with Crippen molar-refractivity contribution in [3.63, 3.8) is 0 Å². The van der Waals surface area contributed by atoms with E-state index in [0.717, 1.165) is 0 Å². The minimum atomic E-state index is -0.160. The molecule has 0 fully saturated rings. The van der Waals surface area contributed by atoms with E-state index in [1.807, 2.05) is 0 Å². The average Bonchev–Trinajstić information content (AvgIpc) is 2.35. The summed E-state index contributed by atoms with van der Waals surface area (Å²) in [6.45, 7) is 1.39. The molecule has 1 rings (SSSR count). The van der Waals surface area contributed by atoms with Crippen LogP contribution in [0.5, 0.6) is 5.75 Å². The summed E-state index contributed by atoms with van der Waals surface area (Å²) in [4.78, 5) is 11.6. The van der Waals surface area contributed by atoms with Gasteiger partial charge in [-0.25, -0.2) is 0 Å². The Balaban J connectivity index is 2.50. The number of hydrogen-bond donors (Lipinski definition) is 2. The van der Waals surface area contributed by atoms with Crippen molar-refractivity contribution < 1.29 is 14.3 Å². The van der Waals surface area contributed by atoms with Gasteiger partial charge in [-0.15, -0.1) is 0 Å². The van der Waals surface area contributed by atoms with E-state index in [9.17, 15) is 4.79 Å². The Bertz CT molecular complexity index is 399. The first-order valence-corrected chi connectivity index (χ1v) is 5.88. The van der Waals surface area contributed by atoms with Crippen LogP contribution in [0.3, 0.4) is 0 Å². The standard InChI is InChI=1S/C12H17ClN2O3/c1-17-6-5-14-8-12(16)15-10-7-9(13)3-4-11(10)18-2/h3-4,7,14H,5-6,8H2,1-2H3,(H,15,16). The number of nitrogens with one attached hydrogen (secondary N) is 2. The minimum absolute atomic E-state index is 0.160. The monoisotopic (exact) mass is 272 g/mol. The van der Waals surface area contributed by atoms with E-state index in [4.69, 9.17) is 21.1 Å². The Morgan fingerprint density at radius 1 is 1.39 bits per heavy atom. The maximum absolute atomic E-state index is 11.6. The van der Waals surface area contributed by atoms with E-state index >= 15 is 0 Å². The highest BCUT2D eigenvalue weighted by Gasteiger charge is 2.07. The van der Waals surface area contributed by atoms with Crippen LogP contribution < -0.4 is 15.4 Å². The predicted molar refractivity (Wildman–Crippen MR) is 71.4 cm³/mol. The van der Waals surface area contributed by atoms with Gasteiger partial charge in [0.05, 0.1) is 25.9 Å². The maximum atomic E-state index is 11.6. The number of hydrogen-bond acceptors (Lipinski definition) is 4. The van der Waals surface area contributed by atoms with Gasteiger partial charge in [0.1, 0.15) is 5.75 Å². The molecule has 18 heavy (non-hydrogen) atoms. The molecule has 0 aliphatic carbocycles. The molecule has 5 nitrogen and oxygen atoms in total. The Labute approximate surface area is 111 Å². The van der Waals surface area contributed by atoms with Gasteiger partial charge in [-0.3, -0.25) is 4.79 Å². The first kappa shape index (κ1) is 14.8. The molecule has 0 spiro atoms. The second-order valence-corrected chi connectivity index (χ2v) is 4.00. The van der Waals surface area contributed by atoms with E-state index in [0.29, 0.717) is 29.6 Å². The van der Waals surface area contributed by atoms with Gasteiger partial charge in [-0.05, 0) is 18.2 Å².